The summed E-state index contributed by atoms with van der Waals surface area (Å²) in [7, 11) is 7.93. The Bertz CT molecular complexity index is 1610. The van der Waals surface area contributed by atoms with Crippen molar-refractivity contribution in [3.63, 3.8) is 0 Å². The third kappa shape index (κ3) is 5.75. The van der Waals surface area contributed by atoms with Gasteiger partial charge in [0, 0.05) is 40.2 Å². The van der Waals surface area contributed by atoms with Gasteiger partial charge in [0.1, 0.15) is 17.2 Å². The van der Waals surface area contributed by atoms with E-state index in [1.54, 1.807) is 71.9 Å². The van der Waals surface area contributed by atoms with E-state index >= 15 is 0 Å². The van der Waals surface area contributed by atoms with E-state index in [9.17, 15) is 9.59 Å². The number of hydrogen-bond donors (Lipinski definition) is 2. The largest absolute Gasteiger partial charge is 0.497 e. The number of ketones is 1. The number of carbonyl (C=O) groups excluding carboxylic acids is 2. The number of hydrogen-bond acceptors (Lipinski definition) is 8. The van der Waals surface area contributed by atoms with E-state index in [0.29, 0.717) is 63.3 Å². The standard InChI is InChI=1S/C34H36N2O7/c1-19-31(34(38)36-22-8-10-23(39-2)11-9-22)32(25-18-24(40-3)12-14-28(25)41-4)33-26(35-19)15-21(16-27(33)37)20-7-13-29(42-5)30(17-20)43-6/h7-14,17-18,21,32,35H,15-16H2,1-6H3,(H,36,38). The molecular formula is C34H36N2O7. The highest BCUT2D eigenvalue weighted by atomic mass is 16.5. The summed E-state index contributed by atoms with van der Waals surface area (Å²) in [5.41, 5.74) is 4.66. The second-order valence-electron chi connectivity index (χ2n) is 10.4. The minimum absolute atomic E-state index is 0.0503. The maximum Gasteiger partial charge on any atom is 0.254 e. The Labute approximate surface area is 251 Å². The molecule has 0 fully saturated rings. The predicted molar refractivity (Wildman–Crippen MR) is 163 cm³/mol. The number of rotatable bonds is 9. The third-order valence-electron chi connectivity index (χ3n) is 8.05. The van der Waals surface area contributed by atoms with E-state index in [1.165, 1.54) is 0 Å². The van der Waals surface area contributed by atoms with Crippen LogP contribution < -0.4 is 34.3 Å². The van der Waals surface area contributed by atoms with Crippen molar-refractivity contribution in [2.75, 3.05) is 40.9 Å². The molecule has 43 heavy (non-hydrogen) atoms. The number of anilines is 1. The van der Waals surface area contributed by atoms with Crippen molar-refractivity contribution in [2.24, 2.45) is 0 Å². The van der Waals surface area contributed by atoms with Gasteiger partial charge in [-0.3, -0.25) is 9.59 Å². The Morgan fingerprint density at radius 1 is 0.767 bits per heavy atom. The lowest BCUT2D eigenvalue weighted by molar-refractivity contribution is -0.116. The highest BCUT2D eigenvalue weighted by Gasteiger charge is 2.42. The highest BCUT2D eigenvalue weighted by Crippen LogP contribution is 2.49. The molecule has 2 N–H and O–H groups in total. The van der Waals surface area contributed by atoms with Gasteiger partial charge < -0.3 is 34.3 Å². The van der Waals surface area contributed by atoms with Gasteiger partial charge in [-0.2, -0.15) is 0 Å². The first kappa shape index (κ1) is 29.6. The topological polar surface area (TPSA) is 104 Å². The van der Waals surface area contributed by atoms with Crippen LogP contribution in [0.5, 0.6) is 28.7 Å². The van der Waals surface area contributed by atoms with Crippen LogP contribution in [0.2, 0.25) is 0 Å². The lowest BCUT2D eigenvalue weighted by Crippen LogP contribution is -2.37. The van der Waals surface area contributed by atoms with Crippen LogP contribution in [0.25, 0.3) is 0 Å². The van der Waals surface area contributed by atoms with Crippen molar-refractivity contribution < 1.29 is 33.3 Å². The molecule has 3 aromatic rings. The fourth-order valence-electron chi connectivity index (χ4n) is 5.93. The fourth-order valence-corrected chi connectivity index (χ4v) is 5.93. The van der Waals surface area contributed by atoms with Crippen LogP contribution in [0.1, 0.15) is 42.7 Å². The molecule has 0 spiro atoms. The zero-order chi connectivity index (χ0) is 30.7. The molecule has 3 aromatic carbocycles. The maximum atomic E-state index is 14.1. The van der Waals surface area contributed by atoms with Crippen LogP contribution >= 0.6 is 0 Å². The molecular weight excluding hydrogens is 548 g/mol. The van der Waals surface area contributed by atoms with Crippen LogP contribution in [0.3, 0.4) is 0 Å². The number of amides is 1. The summed E-state index contributed by atoms with van der Waals surface area (Å²) in [6, 6.07) is 18.3. The Morgan fingerprint density at radius 3 is 2.07 bits per heavy atom. The minimum Gasteiger partial charge on any atom is -0.497 e. The monoisotopic (exact) mass is 584 g/mol. The molecule has 0 radical (unpaired) electrons. The zero-order valence-corrected chi connectivity index (χ0v) is 25.2. The Hall–Kier alpha value is -4.92. The summed E-state index contributed by atoms with van der Waals surface area (Å²) in [5, 5.41) is 6.43. The van der Waals surface area contributed by atoms with Gasteiger partial charge in [0.25, 0.3) is 5.91 Å². The van der Waals surface area contributed by atoms with E-state index in [4.69, 9.17) is 23.7 Å². The zero-order valence-electron chi connectivity index (χ0n) is 25.2. The molecule has 1 aliphatic carbocycles. The van der Waals surface area contributed by atoms with E-state index in [0.717, 1.165) is 11.3 Å². The summed E-state index contributed by atoms with van der Waals surface area (Å²) in [6.07, 6.45) is 0.843. The van der Waals surface area contributed by atoms with Crippen molar-refractivity contribution in [1.29, 1.82) is 0 Å². The molecule has 5 rings (SSSR count). The number of ether oxygens (including phenoxy) is 5. The smallest absolute Gasteiger partial charge is 0.254 e. The SMILES string of the molecule is COc1ccc(NC(=O)C2=C(C)NC3=C(C(=O)CC(c4ccc(OC)c(OC)c4)C3)C2c2cc(OC)ccc2OC)cc1. The number of allylic oxidation sites excluding steroid dienone is 3. The van der Waals surface area contributed by atoms with Crippen LogP contribution in [0.15, 0.2) is 83.2 Å². The average molecular weight is 585 g/mol. The molecule has 0 saturated carbocycles. The number of carbonyl (C=O) groups is 2. The number of methoxy groups -OCH3 is 5. The predicted octanol–water partition coefficient (Wildman–Crippen LogP) is 5.73. The van der Waals surface area contributed by atoms with Crippen molar-refractivity contribution >= 4 is 17.4 Å². The third-order valence-corrected chi connectivity index (χ3v) is 8.05. The quantitative estimate of drug-likeness (QED) is 0.329. The maximum absolute atomic E-state index is 14.1. The molecule has 0 saturated heterocycles. The first-order valence-electron chi connectivity index (χ1n) is 13.9. The van der Waals surface area contributed by atoms with E-state index in [-0.39, 0.29) is 24.0 Å². The molecule has 0 aromatic heterocycles. The van der Waals surface area contributed by atoms with E-state index in [2.05, 4.69) is 10.6 Å². The molecule has 9 heteroatoms. The fraction of sp³-hybridized carbons (Fsp3) is 0.294. The van der Waals surface area contributed by atoms with Crippen LogP contribution in [-0.2, 0) is 9.59 Å². The molecule has 2 aliphatic rings. The molecule has 2 unspecified atom stereocenters. The number of benzene rings is 3. The van der Waals surface area contributed by atoms with Crippen molar-refractivity contribution in [1.82, 2.24) is 5.32 Å². The lowest BCUT2D eigenvalue weighted by Gasteiger charge is -2.37. The van der Waals surface area contributed by atoms with Gasteiger partial charge in [-0.1, -0.05) is 6.07 Å². The minimum atomic E-state index is -0.682. The number of Topliss-reactive ketones (excluding diaryl/α,β-unsaturated/α-hetero) is 1. The first-order valence-corrected chi connectivity index (χ1v) is 13.9. The summed E-state index contributed by atoms with van der Waals surface area (Å²) in [6.45, 7) is 1.86. The molecule has 1 heterocycles. The molecule has 9 nitrogen and oxygen atoms in total. The van der Waals surface area contributed by atoms with Crippen LogP contribution in [-0.4, -0.2) is 47.2 Å². The van der Waals surface area contributed by atoms with Gasteiger partial charge in [0.05, 0.1) is 41.5 Å². The normalized spacial score (nSPS) is 18.0. The van der Waals surface area contributed by atoms with Gasteiger partial charge >= 0.3 is 0 Å². The molecule has 1 aliphatic heterocycles. The highest BCUT2D eigenvalue weighted by molar-refractivity contribution is 6.10. The molecule has 0 bridgehead atoms. The van der Waals surface area contributed by atoms with Crippen molar-refractivity contribution in [3.05, 3.63) is 94.3 Å². The van der Waals surface area contributed by atoms with Gasteiger partial charge in [0.15, 0.2) is 17.3 Å². The number of nitrogens with one attached hydrogen (secondary N) is 2. The van der Waals surface area contributed by atoms with E-state index < -0.39 is 5.92 Å². The second kappa shape index (κ2) is 12.5. The molecule has 2 atom stereocenters. The first-order chi connectivity index (χ1) is 20.8. The van der Waals surface area contributed by atoms with Gasteiger partial charge in [-0.15, -0.1) is 0 Å². The Balaban J connectivity index is 1.59. The summed E-state index contributed by atoms with van der Waals surface area (Å²) in [5.74, 6) is 1.91. The average Bonchev–Trinajstić information content (AvgIpc) is 3.03. The van der Waals surface area contributed by atoms with Crippen LogP contribution in [0, 0.1) is 0 Å². The van der Waals surface area contributed by atoms with Crippen LogP contribution in [0.4, 0.5) is 5.69 Å². The summed E-state index contributed by atoms with van der Waals surface area (Å²) >= 11 is 0. The Kier molecular flexibility index (Phi) is 8.61. The van der Waals surface area contributed by atoms with Gasteiger partial charge in [-0.25, -0.2) is 0 Å². The summed E-state index contributed by atoms with van der Waals surface area (Å²) in [4.78, 5) is 28.1. The number of dihydropyridines is 1. The lowest BCUT2D eigenvalue weighted by atomic mass is 9.71. The van der Waals surface area contributed by atoms with Crippen molar-refractivity contribution in [2.45, 2.75) is 31.6 Å². The van der Waals surface area contributed by atoms with Crippen molar-refractivity contribution in [3.8, 4) is 28.7 Å². The summed E-state index contributed by atoms with van der Waals surface area (Å²) < 4.78 is 27.5. The van der Waals surface area contributed by atoms with E-state index in [1.807, 2.05) is 31.2 Å². The van der Waals surface area contributed by atoms with Gasteiger partial charge in [0.2, 0.25) is 0 Å². The molecule has 224 valence electrons. The van der Waals surface area contributed by atoms with Gasteiger partial charge in [-0.05, 0) is 79.4 Å². The second-order valence-corrected chi connectivity index (χ2v) is 10.4. The Morgan fingerprint density at radius 2 is 1.42 bits per heavy atom. The molecule has 1 amide bonds.